The average Bonchev–Trinajstić information content (AvgIpc) is 2.30. The molecule has 0 aliphatic rings. The largest absolute Gasteiger partial charge is 0.493 e. The summed E-state index contributed by atoms with van der Waals surface area (Å²) in [4.78, 5) is 10.6. The summed E-state index contributed by atoms with van der Waals surface area (Å²) in [5.41, 5.74) is 5.41. The number of carbonyl (C=O) groups excluding carboxylic acids is 1. The van der Waals surface area contributed by atoms with Crippen molar-refractivity contribution in [1.29, 1.82) is 0 Å². The molecule has 1 aromatic carbocycles. The van der Waals surface area contributed by atoms with Crippen molar-refractivity contribution in [2.45, 2.75) is 13.2 Å². The number of para-hydroxylation sites is 1. The standard InChI is InChI=1S/C11H14F2N2O3/c1-17-8-4-2-3-7(5-15-6-9(14)16)10(8)18-11(12)13/h2-4,11,15H,5-6H2,1H3,(H2,14,16). The SMILES string of the molecule is COc1cccc(CNCC(N)=O)c1OC(F)F. The van der Waals surface area contributed by atoms with Crippen molar-refractivity contribution >= 4 is 5.91 Å². The van der Waals surface area contributed by atoms with Gasteiger partial charge in [0.15, 0.2) is 11.5 Å². The van der Waals surface area contributed by atoms with Gasteiger partial charge in [-0.15, -0.1) is 0 Å². The summed E-state index contributed by atoms with van der Waals surface area (Å²) < 4.78 is 33.9. The fourth-order valence-corrected chi connectivity index (χ4v) is 1.40. The van der Waals surface area contributed by atoms with Gasteiger partial charge in [0.05, 0.1) is 13.7 Å². The Kier molecular flexibility index (Phi) is 5.31. The summed E-state index contributed by atoms with van der Waals surface area (Å²) >= 11 is 0. The van der Waals surface area contributed by atoms with Crippen molar-refractivity contribution in [3.63, 3.8) is 0 Å². The van der Waals surface area contributed by atoms with Gasteiger partial charge in [-0.05, 0) is 6.07 Å². The maximum Gasteiger partial charge on any atom is 0.387 e. The Labute approximate surface area is 103 Å². The van der Waals surface area contributed by atoms with Crippen LogP contribution in [-0.2, 0) is 11.3 Å². The molecule has 0 saturated carbocycles. The zero-order valence-electron chi connectivity index (χ0n) is 9.78. The van der Waals surface area contributed by atoms with Crippen molar-refractivity contribution in [2.24, 2.45) is 5.73 Å². The van der Waals surface area contributed by atoms with Gasteiger partial charge in [0.1, 0.15) is 0 Å². The first-order valence-corrected chi connectivity index (χ1v) is 5.14. The number of alkyl halides is 2. The summed E-state index contributed by atoms with van der Waals surface area (Å²) in [6.07, 6.45) is 0. The molecule has 1 amide bonds. The lowest BCUT2D eigenvalue weighted by Crippen LogP contribution is -2.28. The van der Waals surface area contributed by atoms with Crippen LogP contribution in [0, 0.1) is 0 Å². The number of halogens is 2. The van der Waals surface area contributed by atoms with E-state index in [0.717, 1.165) is 0 Å². The summed E-state index contributed by atoms with van der Waals surface area (Å²) in [7, 11) is 1.36. The normalized spacial score (nSPS) is 10.4. The summed E-state index contributed by atoms with van der Waals surface area (Å²) in [6, 6.07) is 4.74. The summed E-state index contributed by atoms with van der Waals surface area (Å²) in [6.45, 7) is -2.83. The molecule has 0 aliphatic carbocycles. The van der Waals surface area contributed by atoms with Crippen LogP contribution in [0.25, 0.3) is 0 Å². The second-order valence-corrected chi connectivity index (χ2v) is 3.40. The molecule has 0 fully saturated rings. The maximum atomic E-state index is 12.3. The van der Waals surface area contributed by atoms with Crippen LogP contribution in [0.4, 0.5) is 8.78 Å². The van der Waals surface area contributed by atoms with E-state index >= 15 is 0 Å². The molecule has 7 heteroatoms. The number of nitrogens with one attached hydrogen (secondary N) is 1. The second kappa shape index (κ2) is 6.75. The third-order valence-corrected chi connectivity index (χ3v) is 2.10. The van der Waals surface area contributed by atoms with Crippen LogP contribution < -0.4 is 20.5 Å². The zero-order valence-corrected chi connectivity index (χ0v) is 9.78. The minimum atomic E-state index is -2.95. The second-order valence-electron chi connectivity index (χ2n) is 3.40. The molecule has 1 rings (SSSR count). The lowest BCUT2D eigenvalue weighted by molar-refractivity contribution is -0.117. The van der Waals surface area contributed by atoms with E-state index in [9.17, 15) is 13.6 Å². The highest BCUT2D eigenvalue weighted by Crippen LogP contribution is 2.32. The van der Waals surface area contributed by atoms with Crippen LogP contribution in [0.5, 0.6) is 11.5 Å². The number of primary amides is 1. The molecular formula is C11H14F2N2O3. The van der Waals surface area contributed by atoms with Crippen molar-refractivity contribution in [2.75, 3.05) is 13.7 Å². The molecule has 1 aromatic rings. The molecule has 0 unspecified atom stereocenters. The van der Waals surface area contributed by atoms with Crippen molar-refractivity contribution in [3.8, 4) is 11.5 Å². The first-order chi connectivity index (χ1) is 8.54. The fourth-order valence-electron chi connectivity index (χ4n) is 1.40. The maximum absolute atomic E-state index is 12.3. The lowest BCUT2D eigenvalue weighted by atomic mass is 10.2. The van der Waals surface area contributed by atoms with E-state index in [1.165, 1.54) is 13.2 Å². The highest BCUT2D eigenvalue weighted by atomic mass is 19.3. The van der Waals surface area contributed by atoms with Gasteiger partial charge < -0.3 is 20.5 Å². The van der Waals surface area contributed by atoms with Gasteiger partial charge in [-0.3, -0.25) is 4.79 Å². The highest BCUT2D eigenvalue weighted by molar-refractivity contribution is 5.75. The van der Waals surface area contributed by atoms with E-state index in [1.807, 2.05) is 0 Å². The number of nitrogens with two attached hydrogens (primary N) is 1. The van der Waals surface area contributed by atoms with Crippen LogP contribution in [0.2, 0.25) is 0 Å². The molecule has 0 saturated heterocycles. The van der Waals surface area contributed by atoms with Crippen LogP contribution in [0.15, 0.2) is 18.2 Å². The van der Waals surface area contributed by atoms with Crippen LogP contribution in [0.3, 0.4) is 0 Å². The Hall–Kier alpha value is -1.89. The third kappa shape index (κ3) is 4.17. The number of methoxy groups -OCH3 is 1. The monoisotopic (exact) mass is 260 g/mol. The Morgan fingerprint density at radius 3 is 2.78 bits per heavy atom. The Balaban J connectivity index is 2.84. The van der Waals surface area contributed by atoms with E-state index in [0.29, 0.717) is 5.56 Å². The van der Waals surface area contributed by atoms with E-state index in [2.05, 4.69) is 10.1 Å². The fraction of sp³-hybridized carbons (Fsp3) is 0.364. The number of benzene rings is 1. The molecular weight excluding hydrogens is 246 g/mol. The molecule has 100 valence electrons. The lowest BCUT2D eigenvalue weighted by Gasteiger charge is -2.14. The summed E-state index contributed by atoms with van der Waals surface area (Å²) in [5.74, 6) is -0.380. The Morgan fingerprint density at radius 1 is 1.50 bits per heavy atom. The van der Waals surface area contributed by atoms with Crippen LogP contribution in [-0.4, -0.2) is 26.2 Å². The average molecular weight is 260 g/mol. The zero-order chi connectivity index (χ0) is 13.5. The molecule has 5 nitrogen and oxygen atoms in total. The van der Waals surface area contributed by atoms with Gasteiger partial charge in [0, 0.05) is 12.1 Å². The van der Waals surface area contributed by atoms with Crippen LogP contribution >= 0.6 is 0 Å². The minimum absolute atomic E-state index is 0.0491. The summed E-state index contributed by atoms with van der Waals surface area (Å²) in [5, 5.41) is 2.71. The molecule has 0 radical (unpaired) electrons. The van der Waals surface area contributed by atoms with E-state index < -0.39 is 12.5 Å². The van der Waals surface area contributed by atoms with Crippen molar-refractivity contribution in [3.05, 3.63) is 23.8 Å². The smallest absolute Gasteiger partial charge is 0.387 e. The van der Waals surface area contributed by atoms with E-state index in [1.54, 1.807) is 12.1 Å². The Morgan fingerprint density at radius 2 is 2.22 bits per heavy atom. The quantitative estimate of drug-likeness (QED) is 0.763. The van der Waals surface area contributed by atoms with Gasteiger partial charge in [0.25, 0.3) is 0 Å². The van der Waals surface area contributed by atoms with E-state index in [4.69, 9.17) is 10.5 Å². The number of rotatable bonds is 7. The van der Waals surface area contributed by atoms with Gasteiger partial charge in [0.2, 0.25) is 5.91 Å². The van der Waals surface area contributed by atoms with Crippen molar-refractivity contribution < 1.29 is 23.0 Å². The Bertz CT molecular complexity index is 413. The first kappa shape index (κ1) is 14.2. The molecule has 0 bridgehead atoms. The number of carbonyl (C=O) groups is 1. The highest BCUT2D eigenvalue weighted by Gasteiger charge is 2.14. The van der Waals surface area contributed by atoms with Gasteiger partial charge in [-0.1, -0.05) is 12.1 Å². The molecule has 0 aromatic heterocycles. The molecule has 0 aliphatic heterocycles. The third-order valence-electron chi connectivity index (χ3n) is 2.10. The van der Waals surface area contributed by atoms with Crippen LogP contribution in [0.1, 0.15) is 5.56 Å². The first-order valence-electron chi connectivity index (χ1n) is 5.14. The predicted octanol–water partition coefficient (Wildman–Crippen LogP) is 0.871. The molecule has 0 heterocycles. The molecule has 18 heavy (non-hydrogen) atoms. The van der Waals surface area contributed by atoms with Gasteiger partial charge in [-0.25, -0.2) is 0 Å². The number of hydrogen-bond donors (Lipinski definition) is 2. The van der Waals surface area contributed by atoms with Gasteiger partial charge >= 0.3 is 6.61 Å². The number of amides is 1. The van der Waals surface area contributed by atoms with Crippen molar-refractivity contribution in [1.82, 2.24) is 5.32 Å². The number of ether oxygens (including phenoxy) is 2. The van der Waals surface area contributed by atoms with E-state index in [-0.39, 0.29) is 24.6 Å². The number of hydrogen-bond acceptors (Lipinski definition) is 4. The molecule has 3 N–H and O–H groups in total. The molecule has 0 atom stereocenters. The van der Waals surface area contributed by atoms with Gasteiger partial charge in [-0.2, -0.15) is 8.78 Å². The molecule has 0 spiro atoms. The minimum Gasteiger partial charge on any atom is -0.493 e. The predicted molar refractivity (Wildman–Crippen MR) is 60.5 cm³/mol. The topological polar surface area (TPSA) is 73.6 Å².